The van der Waals surface area contributed by atoms with Gasteiger partial charge in [-0.2, -0.15) is 0 Å². The summed E-state index contributed by atoms with van der Waals surface area (Å²) in [6, 6.07) is 6.89. The number of benzene rings is 1. The van der Waals surface area contributed by atoms with Gasteiger partial charge in [-0.3, -0.25) is 4.79 Å². The Labute approximate surface area is 126 Å². The summed E-state index contributed by atoms with van der Waals surface area (Å²) in [5.41, 5.74) is 6.86. The van der Waals surface area contributed by atoms with Crippen molar-refractivity contribution in [3.05, 3.63) is 24.3 Å². The van der Waals surface area contributed by atoms with Crippen LogP contribution in [0.1, 0.15) is 20.3 Å². The summed E-state index contributed by atoms with van der Waals surface area (Å²) >= 11 is 0. The lowest BCUT2D eigenvalue weighted by Crippen LogP contribution is -2.54. The number of phenols is 1. The third-order valence-electron chi connectivity index (χ3n) is 4.36. The Morgan fingerprint density at radius 3 is 2.48 bits per heavy atom. The van der Waals surface area contributed by atoms with Gasteiger partial charge in [-0.15, -0.1) is 0 Å². The Balaban J connectivity index is 1.94. The molecule has 0 aliphatic carbocycles. The van der Waals surface area contributed by atoms with Gasteiger partial charge >= 0.3 is 0 Å². The van der Waals surface area contributed by atoms with E-state index in [1.54, 1.807) is 6.07 Å². The Kier molecular flexibility index (Phi) is 5.07. The molecule has 2 unspecified atom stereocenters. The molecule has 3 N–H and O–H groups in total. The van der Waals surface area contributed by atoms with E-state index < -0.39 is 6.04 Å². The highest BCUT2D eigenvalue weighted by Gasteiger charge is 2.28. The maximum Gasteiger partial charge on any atom is 0.239 e. The van der Waals surface area contributed by atoms with Gasteiger partial charge in [0.25, 0.3) is 0 Å². The Morgan fingerprint density at radius 2 is 1.90 bits per heavy atom. The molecule has 1 heterocycles. The lowest BCUT2D eigenvalue weighted by molar-refractivity contribution is -0.134. The minimum absolute atomic E-state index is 0.0429. The zero-order valence-electron chi connectivity index (χ0n) is 12.8. The third kappa shape index (κ3) is 3.47. The van der Waals surface area contributed by atoms with Crippen molar-refractivity contribution in [3.63, 3.8) is 0 Å². The smallest absolute Gasteiger partial charge is 0.239 e. The van der Waals surface area contributed by atoms with Crippen molar-refractivity contribution in [2.75, 3.05) is 31.1 Å². The fourth-order valence-corrected chi connectivity index (χ4v) is 2.61. The van der Waals surface area contributed by atoms with Crippen LogP contribution >= 0.6 is 0 Å². The van der Waals surface area contributed by atoms with Crippen molar-refractivity contribution in [2.24, 2.45) is 11.7 Å². The van der Waals surface area contributed by atoms with Crippen LogP contribution in [0.25, 0.3) is 0 Å². The van der Waals surface area contributed by atoms with Crippen LogP contribution < -0.4 is 10.6 Å². The van der Waals surface area contributed by atoms with Crippen molar-refractivity contribution < 1.29 is 9.90 Å². The second kappa shape index (κ2) is 6.80. The molecule has 0 radical (unpaired) electrons. The summed E-state index contributed by atoms with van der Waals surface area (Å²) in [5.74, 6) is 0.531. The van der Waals surface area contributed by atoms with E-state index in [-0.39, 0.29) is 17.6 Å². The number of carbonyl (C=O) groups is 1. The number of aromatic hydroxyl groups is 1. The Hall–Kier alpha value is -1.75. The molecule has 1 amide bonds. The van der Waals surface area contributed by atoms with E-state index >= 15 is 0 Å². The first-order chi connectivity index (χ1) is 10.0. The maximum atomic E-state index is 12.3. The Morgan fingerprint density at radius 1 is 1.29 bits per heavy atom. The lowest BCUT2D eigenvalue weighted by atomic mass is 9.98. The molecule has 1 aliphatic rings. The second-order valence-corrected chi connectivity index (χ2v) is 5.71. The number of phenolic OH excluding ortho intramolecular Hbond substituents is 1. The molecule has 2 atom stereocenters. The molecular formula is C16H25N3O2. The summed E-state index contributed by atoms with van der Waals surface area (Å²) in [7, 11) is 0. The number of piperazine rings is 1. The zero-order chi connectivity index (χ0) is 15.4. The minimum Gasteiger partial charge on any atom is -0.506 e. The zero-order valence-corrected chi connectivity index (χ0v) is 12.8. The first kappa shape index (κ1) is 15.6. The molecular weight excluding hydrogens is 266 g/mol. The molecule has 21 heavy (non-hydrogen) atoms. The summed E-state index contributed by atoms with van der Waals surface area (Å²) in [4.78, 5) is 16.3. The number of amides is 1. The van der Waals surface area contributed by atoms with Crippen LogP contribution in [0.4, 0.5) is 5.69 Å². The topological polar surface area (TPSA) is 69.8 Å². The molecule has 1 aromatic rings. The van der Waals surface area contributed by atoms with Gasteiger partial charge in [0.15, 0.2) is 0 Å². The van der Waals surface area contributed by atoms with Gasteiger partial charge in [0.2, 0.25) is 5.91 Å². The molecule has 5 heteroatoms. The number of carbonyl (C=O) groups excluding carboxylic acids is 1. The van der Waals surface area contributed by atoms with Gasteiger partial charge in [0, 0.05) is 26.2 Å². The van der Waals surface area contributed by atoms with Gasteiger partial charge in [-0.25, -0.2) is 0 Å². The highest BCUT2D eigenvalue weighted by molar-refractivity contribution is 5.82. The normalized spacial score (nSPS) is 18.4. The maximum absolute atomic E-state index is 12.3. The molecule has 1 saturated heterocycles. The van der Waals surface area contributed by atoms with E-state index in [0.29, 0.717) is 13.1 Å². The quantitative estimate of drug-likeness (QED) is 0.880. The molecule has 116 valence electrons. The van der Waals surface area contributed by atoms with Crippen molar-refractivity contribution in [2.45, 2.75) is 26.3 Å². The largest absolute Gasteiger partial charge is 0.506 e. The molecule has 1 fully saturated rings. The van der Waals surface area contributed by atoms with E-state index in [9.17, 15) is 9.90 Å². The van der Waals surface area contributed by atoms with Gasteiger partial charge in [0.05, 0.1) is 11.7 Å². The average molecular weight is 291 g/mol. The molecule has 1 aromatic carbocycles. The number of nitrogens with two attached hydrogens (primary N) is 1. The molecule has 0 bridgehead atoms. The van der Waals surface area contributed by atoms with E-state index in [4.69, 9.17) is 5.73 Å². The number of hydrogen-bond acceptors (Lipinski definition) is 4. The van der Waals surface area contributed by atoms with Crippen LogP contribution in [-0.4, -0.2) is 48.1 Å². The van der Waals surface area contributed by atoms with Crippen molar-refractivity contribution in [1.82, 2.24) is 4.90 Å². The lowest BCUT2D eigenvalue weighted by Gasteiger charge is -2.37. The SMILES string of the molecule is CCC(C)C(N)C(=O)N1CCN(c2ccccc2O)CC1. The summed E-state index contributed by atoms with van der Waals surface area (Å²) in [5, 5.41) is 9.89. The van der Waals surface area contributed by atoms with E-state index in [0.717, 1.165) is 25.2 Å². The highest BCUT2D eigenvalue weighted by Crippen LogP contribution is 2.27. The van der Waals surface area contributed by atoms with E-state index in [1.807, 2.05) is 36.9 Å². The van der Waals surface area contributed by atoms with Crippen molar-refractivity contribution in [3.8, 4) is 5.75 Å². The molecule has 5 nitrogen and oxygen atoms in total. The number of hydrogen-bond donors (Lipinski definition) is 2. The Bertz CT molecular complexity index is 484. The molecule has 0 aromatic heterocycles. The molecule has 1 aliphatic heterocycles. The second-order valence-electron chi connectivity index (χ2n) is 5.71. The van der Waals surface area contributed by atoms with Crippen molar-refractivity contribution in [1.29, 1.82) is 0 Å². The van der Waals surface area contributed by atoms with E-state index in [1.165, 1.54) is 0 Å². The van der Waals surface area contributed by atoms with Crippen LogP contribution in [0, 0.1) is 5.92 Å². The van der Waals surface area contributed by atoms with Crippen molar-refractivity contribution >= 4 is 11.6 Å². The monoisotopic (exact) mass is 291 g/mol. The third-order valence-corrected chi connectivity index (χ3v) is 4.36. The summed E-state index contributed by atoms with van der Waals surface area (Å²) < 4.78 is 0. The number of rotatable bonds is 4. The number of nitrogens with zero attached hydrogens (tertiary/aromatic N) is 2. The average Bonchev–Trinajstić information content (AvgIpc) is 2.53. The van der Waals surface area contributed by atoms with Crippen LogP contribution in [-0.2, 0) is 4.79 Å². The first-order valence-corrected chi connectivity index (χ1v) is 7.62. The fraction of sp³-hybridized carbons (Fsp3) is 0.562. The van der Waals surface area contributed by atoms with E-state index in [2.05, 4.69) is 4.90 Å². The predicted molar refractivity (Wildman–Crippen MR) is 84.3 cm³/mol. The van der Waals surface area contributed by atoms with Crippen LogP contribution in [0.5, 0.6) is 5.75 Å². The van der Waals surface area contributed by atoms with Gasteiger partial charge in [0.1, 0.15) is 5.75 Å². The minimum atomic E-state index is -0.410. The fourth-order valence-electron chi connectivity index (χ4n) is 2.61. The van der Waals surface area contributed by atoms with Gasteiger partial charge in [-0.1, -0.05) is 32.4 Å². The number of anilines is 1. The highest BCUT2D eigenvalue weighted by atomic mass is 16.3. The first-order valence-electron chi connectivity index (χ1n) is 7.62. The van der Waals surface area contributed by atoms with Crippen LogP contribution in [0.3, 0.4) is 0 Å². The number of para-hydroxylation sites is 2. The molecule has 2 rings (SSSR count). The van der Waals surface area contributed by atoms with Crippen LogP contribution in [0.15, 0.2) is 24.3 Å². The summed E-state index contributed by atoms with van der Waals surface area (Å²) in [6.45, 7) is 6.80. The standard InChI is InChI=1S/C16H25N3O2/c1-3-12(2)15(17)16(21)19-10-8-18(9-11-19)13-6-4-5-7-14(13)20/h4-7,12,15,20H,3,8-11,17H2,1-2H3. The molecule has 0 saturated carbocycles. The van der Waals surface area contributed by atoms with Gasteiger partial charge < -0.3 is 20.6 Å². The van der Waals surface area contributed by atoms with Crippen LogP contribution in [0.2, 0.25) is 0 Å². The predicted octanol–water partition coefficient (Wildman–Crippen LogP) is 1.41. The molecule has 0 spiro atoms. The van der Waals surface area contributed by atoms with Gasteiger partial charge in [-0.05, 0) is 18.1 Å². The summed E-state index contributed by atoms with van der Waals surface area (Å²) in [6.07, 6.45) is 0.907.